The van der Waals surface area contributed by atoms with Crippen molar-refractivity contribution in [1.29, 1.82) is 0 Å². The molecule has 1 aromatic rings. The lowest BCUT2D eigenvalue weighted by molar-refractivity contribution is 0.361. The molecule has 2 heterocycles. The average molecular weight is 313 g/mol. The summed E-state index contributed by atoms with van der Waals surface area (Å²) in [5.41, 5.74) is 0. The van der Waals surface area contributed by atoms with E-state index in [1.807, 2.05) is 6.20 Å². The van der Waals surface area contributed by atoms with Gasteiger partial charge in [0.05, 0.1) is 4.47 Å². The molecule has 0 radical (unpaired) electrons. The Labute approximate surface area is 117 Å². The molecule has 1 N–H and O–H groups in total. The summed E-state index contributed by atoms with van der Waals surface area (Å²) in [5.74, 6) is 2.43. The second kappa shape index (κ2) is 5.87. The normalized spacial score (nSPS) is 24.1. The van der Waals surface area contributed by atoms with Crippen LogP contribution in [0.5, 0.6) is 0 Å². The second-order valence-corrected chi connectivity index (χ2v) is 5.80. The van der Waals surface area contributed by atoms with Crippen LogP contribution >= 0.6 is 15.9 Å². The van der Waals surface area contributed by atoms with Gasteiger partial charge in [0.15, 0.2) is 0 Å². The Kier molecular flexibility index (Phi) is 4.43. The van der Waals surface area contributed by atoms with Crippen LogP contribution in [0.25, 0.3) is 0 Å². The molecule has 0 bridgehead atoms. The van der Waals surface area contributed by atoms with Crippen molar-refractivity contribution in [2.75, 3.05) is 23.3 Å². The molecule has 1 aromatic heterocycles. The van der Waals surface area contributed by atoms with E-state index in [0.717, 1.165) is 23.4 Å². The average Bonchev–Trinajstić information content (AvgIpc) is 2.36. The molecule has 0 saturated carbocycles. The van der Waals surface area contributed by atoms with Crippen LogP contribution in [-0.2, 0) is 0 Å². The number of anilines is 2. The zero-order valence-electron chi connectivity index (χ0n) is 11.3. The number of nitrogens with zero attached hydrogens (tertiary/aromatic N) is 3. The third kappa shape index (κ3) is 2.76. The van der Waals surface area contributed by atoms with Crippen LogP contribution in [0.1, 0.15) is 33.6 Å². The van der Waals surface area contributed by atoms with Crippen LogP contribution in [0.15, 0.2) is 10.7 Å². The highest BCUT2D eigenvalue weighted by atomic mass is 79.9. The maximum absolute atomic E-state index is 4.63. The molecule has 100 valence electrons. The molecule has 18 heavy (non-hydrogen) atoms. The lowest BCUT2D eigenvalue weighted by Gasteiger charge is -2.39. The van der Waals surface area contributed by atoms with Gasteiger partial charge >= 0.3 is 0 Å². The van der Waals surface area contributed by atoms with Gasteiger partial charge in [0.1, 0.15) is 5.82 Å². The zero-order chi connectivity index (χ0) is 13.1. The minimum Gasteiger partial charge on any atom is -0.354 e. The van der Waals surface area contributed by atoms with E-state index in [1.54, 1.807) is 0 Å². The first-order valence-corrected chi connectivity index (χ1v) is 7.45. The molecule has 0 amide bonds. The van der Waals surface area contributed by atoms with E-state index in [2.05, 4.69) is 56.9 Å². The van der Waals surface area contributed by atoms with Gasteiger partial charge in [-0.15, -0.1) is 0 Å². The molecule has 0 spiro atoms. The summed E-state index contributed by atoms with van der Waals surface area (Å²) < 4.78 is 0.977. The van der Waals surface area contributed by atoms with Crippen molar-refractivity contribution in [2.45, 2.75) is 39.7 Å². The van der Waals surface area contributed by atoms with E-state index in [-0.39, 0.29) is 0 Å². The summed E-state index contributed by atoms with van der Waals surface area (Å²) in [5, 5.41) is 3.17. The second-order valence-electron chi connectivity index (χ2n) is 4.95. The van der Waals surface area contributed by atoms with Gasteiger partial charge in [-0.2, -0.15) is 4.98 Å². The Morgan fingerprint density at radius 3 is 3.00 bits per heavy atom. The van der Waals surface area contributed by atoms with Crippen LogP contribution in [0.2, 0.25) is 0 Å². The monoisotopic (exact) mass is 312 g/mol. The Morgan fingerprint density at radius 1 is 1.50 bits per heavy atom. The number of hydrogen-bond acceptors (Lipinski definition) is 4. The third-order valence-electron chi connectivity index (χ3n) is 3.71. The summed E-state index contributed by atoms with van der Waals surface area (Å²) in [6.45, 7) is 8.57. The van der Waals surface area contributed by atoms with Gasteiger partial charge in [0, 0.05) is 25.3 Å². The van der Waals surface area contributed by atoms with Crippen molar-refractivity contribution < 1.29 is 0 Å². The summed E-state index contributed by atoms with van der Waals surface area (Å²) in [7, 11) is 0. The van der Waals surface area contributed by atoms with Gasteiger partial charge < -0.3 is 10.2 Å². The van der Waals surface area contributed by atoms with Crippen molar-refractivity contribution in [2.24, 2.45) is 5.92 Å². The zero-order valence-corrected chi connectivity index (χ0v) is 12.9. The number of hydrogen-bond donors (Lipinski definition) is 1. The smallest absolute Gasteiger partial charge is 0.224 e. The molecule has 2 unspecified atom stereocenters. The SMILES string of the molecule is CCNc1ncc(Br)c(N2CCCC(C)C2C)n1. The summed E-state index contributed by atoms with van der Waals surface area (Å²) in [6.07, 6.45) is 4.38. The maximum Gasteiger partial charge on any atom is 0.224 e. The molecule has 1 saturated heterocycles. The van der Waals surface area contributed by atoms with Crippen molar-refractivity contribution in [3.8, 4) is 0 Å². The van der Waals surface area contributed by atoms with Crippen LogP contribution < -0.4 is 10.2 Å². The predicted octanol–water partition coefficient (Wildman–Crippen LogP) is 3.30. The minimum atomic E-state index is 0.527. The molecule has 2 atom stereocenters. The quantitative estimate of drug-likeness (QED) is 0.929. The van der Waals surface area contributed by atoms with Crippen molar-refractivity contribution in [1.82, 2.24) is 9.97 Å². The van der Waals surface area contributed by atoms with E-state index in [4.69, 9.17) is 0 Å². The van der Waals surface area contributed by atoms with Crippen LogP contribution in [0.4, 0.5) is 11.8 Å². The third-order valence-corrected chi connectivity index (χ3v) is 4.27. The molecule has 2 rings (SSSR count). The van der Waals surface area contributed by atoms with E-state index >= 15 is 0 Å². The summed E-state index contributed by atoms with van der Waals surface area (Å²) in [4.78, 5) is 11.3. The highest BCUT2D eigenvalue weighted by molar-refractivity contribution is 9.10. The van der Waals surface area contributed by atoms with Gasteiger partial charge in [0.2, 0.25) is 5.95 Å². The molecule has 4 nitrogen and oxygen atoms in total. The first-order chi connectivity index (χ1) is 8.63. The van der Waals surface area contributed by atoms with E-state index in [9.17, 15) is 0 Å². The van der Waals surface area contributed by atoms with E-state index in [1.165, 1.54) is 12.8 Å². The first-order valence-electron chi connectivity index (χ1n) is 6.66. The largest absolute Gasteiger partial charge is 0.354 e. The van der Waals surface area contributed by atoms with Gasteiger partial charge in [-0.05, 0) is 48.5 Å². The van der Waals surface area contributed by atoms with Gasteiger partial charge in [-0.25, -0.2) is 4.98 Å². The standard InChI is InChI=1S/C13H21BrN4/c1-4-15-13-16-8-11(14)12(17-13)18-7-5-6-9(2)10(18)3/h8-10H,4-7H2,1-3H3,(H,15,16,17). The van der Waals surface area contributed by atoms with Crippen LogP contribution in [0, 0.1) is 5.92 Å². The number of rotatable bonds is 3. The van der Waals surface area contributed by atoms with Gasteiger partial charge in [0.25, 0.3) is 0 Å². The van der Waals surface area contributed by atoms with E-state index < -0.39 is 0 Å². The van der Waals surface area contributed by atoms with Gasteiger partial charge in [-0.3, -0.25) is 0 Å². The van der Waals surface area contributed by atoms with Crippen molar-refractivity contribution >= 4 is 27.7 Å². The van der Waals surface area contributed by atoms with Crippen molar-refractivity contribution in [3.63, 3.8) is 0 Å². The summed E-state index contributed by atoms with van der Waals surface area (Å²) in [6, 6.07) is 0.527. The fourth-order valence-electron chi connectivity index (χ4n) is 2.44. The Bertz CT molecular complexity index is 410. The lowest BCUT2D eigenvalue weighted by Crippen LogP contribution is -2.43. The van der Waals surface area contributed by atoms with E-state index in [0.29, 0.717) is 17.9 Å². The Hall–Kier alpha value is -0.840. The number of aromatic nitrogens is 2. The molecule has 5 heteroatoms. The maximum atomic E-state index is 4.63. The number of piperidine rings is 1. The topological polar surface area (TPSA) is 41.1 Å². The predicted molar refractivity (Wildman–Crippen MR) is 79.1 cm³/mol. The molecular formula is C13H21BrN4. The Balaban J connectivity index is 2.27. The molecule has 0 aliphatic carbocycles. The van der Waals surface area contributed by atoms with Crippen LogP contribution in [-0.4, -0.2) is 29.1 Å². The fraction of sp³-hybridized carbons (Fsp3) is 0.692. The number of halogens is 1. The van der Waals surface area contributed by atoms with Gasteiger partial charge in [-0.1, -0.05) is 6.92 Å². The Morgan fingerprint density at radius 2 is 2.28 bits per heavy atom. The molecular weight excluding hydrogens is 292 g/mol. The molecule has 1 fully saturated rings. The minimum absolute atomic E-state index is 0.527. The molecule has 1 aliphatic heterocycles. The molecule has 0 aromatic carbocycles. The first kappa shape index (κ1) is 13.6. The summed E-state index contributed by atoms with van der Waals surface area (Å²) >= 11 is 3.57. The van der Waals surface area contributed by atoms with Crippen LogP contribution in [0.3, 0.4) is 0 Å². The fourth-order valence-corrected chi connectivity index (χ4v) is 2.86. The number of nitrogens with one attached hydrogen (secondary N) is 1. The highest BCUT2D eigenvalue weighted by Crippen LogP contribution is 2.32. The molecule has 1 aliphatic rings. The highest BCUT2D eigenvalue weighted by Gasteiger charge is 2.27. The van der Waals surface area contributed by atoms with Crippen molar-refractivity contribution in [3.05, 3.63) is 10.7 Å². The lowest BCUT2D eigenvalue weighted by atomic mass is 9.92.